The molecule has 0 bridgehead atoms. The highest BCUT2D eigenvalue weighted by atomic mass is 32.1. The summed E-state index contributed by atoms with van der Waals surface area (Å²) in [6.45, 7) is 3.89. The molecule has 1 aliphatic rings. The van der Waals surface area contributed by atoms with Crippen molar-refractivity contribution in [1.82, 2.24) is 10.2 Å². The summed E-state index contributed by atoms with van der Waals surface area (Å²) in [5.41, 5.74) is 1.21. The summed E-state index contributed by atoms with van der Waals surface area (Å²) in [4.78, 5) is 23.9. The number of anilines is 2. The molecule has 0 radical (unpaired) electrons. The standard InChI is InChI=1S/C15H16N4O2S/c1-8-7-12(8)14(21)16-11-5-3-10(4-6-11)13(20)17-15-19-18-9(2)22-15/h3-6,8,12H,7H2,1-2H3,(H,16,21)(H,17,19,20). The van der Waals surface area contributed by atoms with Gasteiger partial charge in [-0.25, -0.2) is 0 Å². The van der Waals surface area contributed by atoms with Crippen LogP contribution in [0.3, 0.4) is 0 Å². The second kappa shape index (κ2) is 5.84. The van der Waals surface area contributed by atoms with E-state index in [4.69, 9.17) is 0 Å². The molecule has 2 aromatic rings. The summed E-state index contributed by atoms with van der Waals surface area (Å²) in [5, 5.41) is 14.5. The van der Waals surface area contributed by atoms with Crippen LogP contribution in [0.25, 0.3) is 0 Å². The number of benzene rings is 1. The normalized spacial score (nSPS) is 19.5. The van der Waals surface area contributed by atoms with Crippen molar-refractivity contribution in [3.63, 3.8) is 0 Å². The van der Waals surface area contributed by atoms with E-state index in [-0.39, 0.29) is 17.7 Å². The maximum atomic E-state index is 12.1. The quantitative estimate of drug-likeness (QED) is 0.908. The minimum Gasteiger partial charge on any atom is -0.326 e. The zero-order chi connectivity index (χ0) is 15.7. The maximum absolute atomic E-state index is 12.1. The van der Waals surface area contributed by atoms with Gasteiger partial charge in [-0.3, -0.25) is 14.9 Å². The van der Waals surface area contributed by atoms with Crippen molar-refractivity contribution in [1.29, 1.82) is 0 Å². The van der Waals surface area contributed by atoms with Gasteiger partial charge in [-0.05, 0) is 43.5 Å². The first-order chi connectivity index (χ1) is 10.5. The Morgan fingerprint density at radius 2 is 1.86 bits per heavy atom. The Morgan fingerprint density at radius 3 is 2.41 bits per heavy atom. The van der Waals surface area contributed by atoms with Gasteiger partial charge in [0.2, 0.25) is 11.0 Å². The molecule has 2 atom stereocenters. The Balaban J connectivity index is 1.61. The van der Waals surface area contributed by atoms with Crippen molar-refractivity contribution in [3.8, 4) is 0 Å². The first kappa shape index (κ1) is 14.6. The van der Waals surface area contributed by atoms with E-state index in [0.717, 1.165) is 11.4 Å². The van der Waals surface area contributed by atoms with Crippen molar-refractivity contribution in [3.05, 3.63) is 34.8 Å². The molecule has 2 amide bonds. The number of aryl methyl sites for hydroxylation is 1. The molecule has 1 saturated carbocycles. The van der Waals surface area contributed by atoms with Gasteiger partial charge >= 0.3 is 0 Å². The van der Waals surface area contributed by atoms with Crippen molar-refractivity contribution >= 4 is 34.0 Å². The Bertz CT molecular complexity index is 711. The molecular weight excluding hydrogens is 300 g/mol. The van der Waals surface area contributed by atoms with Gasteiger partial charge in [-0.2, -0.15) is 0 Å². The minimum atomic E-state index is -0.246. The lowest BCUT2D eigenvalue weighted by Gasteiger charge is -2.06. The Hall–Kier alpha value is -2.28. The molecule has 22 heavy (non-hydrogen) atoms. The van der Waals surface area contributed by atoms with Crippen molar-refractivity contribution < 1.29 is 9.59 Å². The van der Waals surface area contributed by atoms with Crippen LogP contribution in [-0.4, -0.2) is 22.0 Å². The van der Waals surface area contributed by atoms with Crippen LogP contribution in [-0.2, 0) is 4.79 Å². The summed E-state index contributed by atoms with van der Waals surface area (Å²) in [7, 11) is 0. The molecular formula is C15H16N4O2S. The van der Waals surface area contributed by atoms with Crippen LogP contribution in [0, 0.1) is 18.8 Å². The molecule has 2 N–H and O–H groups in total. The molecule has 1 aromatic carbocycles. The van der Waals surface area contributed by atoms with Crippen LogP contribution < -0.4 is 10.6 Å². The van der Waals surface area contributed by atoms with Crippen molar-refractivity contribution in [2.45, 2.75) is 20.3 Å². The number of nitrogens with one attached hydrogen (secondary N) is 2. The smallest absolute Gasteiger partial charge is 0.257 e. The van der Waals surface area contributed by atoms with Crippen LogP contribution in [0.2, 0.25) is 0 Å². The lowest BCUT2D eigenvalue weighted by Crippen LogP contribution is -2.15. The minimum absolute atomic E-state index is 0.0500. The molecule has 7 heteroatoms. The predicted octanol–water partition coefficient (Wildman–Crippen LogP) is 2.69. The van der Waals surface area contributed by atoms with Gasteiger partial charge in [-0.15, -0.1) is 10.2 Å². The number of aromatic nitrogens is 2. The second-order valence-electron chi connectivity index (χ2n) is 5.47. The summed E-state index contributed by atoms with van der Waals surface area (Å²) in [6.07, 6.45) is 0.952. The monoisotopic (exact) mass is 316 g/mol. The molecule has 1 fully saturated rings. The van der Waals surface area contributed by atoms with E-state index in [2.05, 4.69) is 27.8 Å². The van der Waals surface area contributed by atoms with Gasteiger partial charge in [0.1, 0.15) is 5.01 Å². The molecule has 114 valence electrons. The molecule has 0 aliphatic heterocycles. The average Bonchev–Trinajstić information content (AvgIpc) is 3.09. The van der Waals surface area contributed by atoms with E-state index >= 15 is 0 Å². The third-order valence-electron chi connectivity index (χ3n) is 3.61. The number of hydrogen-bond acceptors (Lipinski definition) is 5. The Morgan fingerprint density at radius 1 is 1.18 bits per heavy atom. The molecule has 3 rings (SSSR count). The highest BCUT2D eigenvalue weighted by Gasteiger charge is 2.39. The fourth-order valence-electron chi connectivity index (χ4n) is 2.14. The zero-order valence-electron chi connectivity index (χ0n) is 12.3. The summed E-state index contributed by atoms with van der Waals surface area (Å²) >= 11 is 1.32. The number of carbonyl (C=O) groups excluding carboxylic acids is 2. The van der Waals surface area contributed by atoms with Crippen LogP contribution in [0.15, 0.2) is 24.3 Å². The lowest BCUT2D eigenvalue weighted by molar-refractivity contribution is -0.117. The molecule has 1 aliphatic carbocycles. The second-order valence-corrected chi connectivity index (χ2v) is 6.65. The Labute approximate surface area is 132 Å². The number of nitrogens with zero attached hydrogens (tertiary/aromatic N) is 2. The number of rotatable bonds is 4. The van der Waals surface area contributed by atoms with E-state index in [0.29, 0.717) is 22.3 Å². The van der Waals surface area contributed by atoms with E-state index in [1.165, 1.54) is 11.3 Å². The average molecular weight is 316 g/mol. The summed E-state index contributed by atoms with van der Waals surface area (Å²) in [5.74, 6) is 0.405. The van der Waals surface area contributed by atoms with Crippen molar-refractivity contribution in [2.24, 2.45) is 11.8 Å². The third kappa shape index (κ3) is 3.30. The highest BCUT2D eigenvalue weighted by Crippen LogP contribution is 2.38. The van der Waals surface area contributed by atoms with Crippen LogP contribution in [0.5, 0.6) is 0 Å². The van der Waals surface area contributed by atoms with E-state index < -0.39 is 0 Å². The third-order valence-corrected chi connectivity index (χ3v) is 4.36. The van der Waals surface area contributed by atoms with E-state index in [1.54, 1.807) is 24.3 Å². The summed E-state index contributed by atoms with van der Waals surface area (Å²) < 4.78 is 0. The lowest BCUT2D eigenvalue weighted by atomic mass is 10.2. The van der Waals surface area contributed by atoms with Gasteiger partial charge in [0.05, 0.1) is 0 Å². The Kier molecular flexibility index (Phi) is 3.89. The summed E-state index contributed by atoms with van der Waals surface area (Å²) in [6, 6.07) is 6.81. The van der Waals surface area contributed by atoms with Gasteiger partial charge < -0.3 is 5.32 Å². The van der Waals surface area contributed by atoms with Gasteiger partial charge in [0.15, 0.2) is 0 Å². The SMILES string of the molecule is Cc1nnc(NC(=O)c2ccc(NC(=O)C3CC3C)cc2)s1. The fourth-order valence-corrected chi connectivity index (χ4v) is 2.73. The zero-order valence-corrected chi connectivity index (χ0v) is 13.1. The van der Waals surface area contributed by atoms with E-state index in [9.17, 15) is 9.59 Å². The largest absolute Gasteiger partial charge is 0.326 e. The van der Waals surface area contributed by atoms with E-state index in [1.807, 2.05) is 6.92 Å². The fraction of sp³-hybridized carbons (Fsp3) is 0.333. The van der Waals surface area contributed by atoms with Gasteiger partial charge in [-0.1, -0.05) is 18.3 Å². The van der Waals surface area contributed by atoms with Crippen LogP contribution in [0.1, 0.15) is 28.7 Å². The molecule has 0 saturated heterocycles. The van der Waals surface area contributed by atoms with Crippen molar-refractivity contribution in [2.75, 3.05) is 10.6 Å². The van der Waals surface area contributed by atoms with Crippen LogP contribution >= 0.6 is 11.3 Å². The predicted molar refractivity (Wildman–Crippen MR) is 84.9 cm³/mol. The number of carbonyl (C=O) groups is 2. The molecule has 1 heterocycles. The van der Waals surface area contributed by atoms with Gasteiger partial charge in [0.25, 0.3) is 5.91 Å². The topological polar surface area (TPSA) is 84.0 Å². The molecule has 1 aromatic heterocycles. The van der Waals surface area contributed by atoms with Gasteiger partial charge in [0, 0.05) is 17.2 Å². The van der Waals surface area contributed by atoms with Crippen LogP contribution in [0.4, 0.5) is 10.8 Å². The maximum Gasteiger partial charge on any atom is 0.257 e. The molecule has 0 spiro atoms. The molecule has 6 nitrogen and oxygen atoms in total. The number of amides is 2. The molecule has 2 unspecified atom stereocenters. The highest BCUT2D eigenvalue weighted by molar-refractivity contribution is 7.15. The number of hydrogen-bond donors (Lipinski definition) is 2. The first-order valence-corrected chi connectivity index (χ1v) is 7.87. The first-order valence-electron chi connectivity index (χ1n) is 7.05.